The maximum Gasteiger partial charge on any atom is 0.271 e. The highest BCUT2D eigenvalue weighted by atomic mass is 19.2. The standard InChI is InChI=1S/C21H14F4N4O/c22-17-7-1-13(9-19(17)24)11-26-28-16-5-3-15(4-6-16)21(30)29-27-12-14-2-8-18(23)20(25)10-14/h1-12,28H,(H,29,30). The van der Waals surface area contributed by atoms with Crippen molar-refractivity contribution in [3.63, 3.8) is 0 Å². The number of carbonyl (C=O) groups excluding carboxylic acids is 1. The molecule has 9 heteroatoms. The number of halogens is 4. The van der Waals surface area contributed by atoms with Gasteiger partial charge in [-0.2, -0.15) is 10.2 Å². The molecular weight excluding hydrogens is 400 g/mol. The summed E-state index contributed by atoms with van der Waals surface area (Å²) in [5, 5.41) is 7.61. The number of benzene rings is 3. The lowest BCUT2D eigenvalue weighted by molar-refractivity contribution is 0.0955. The summed E-state index contributed by atoms with van der Waals surface area (Å²) in [6, 6.07) is 12.8. The molecule has 0 saturated heterocycles. The Kier molecular flexibility index (Phi) is 6.53. The Balaban J connectivity index is 1.54. The molecule has 3 rings (SSSR count). The van der Waals surface area contributed by atoms with Crippen LogP contribution in [0.5, 0.6) is 0 Å². The third-order valence-corrected chi connectivity index (χ3v) is 3.82. The monoisotopic (exact) mass is 414 g/mol. The number of hydrogen-bond donors (Lipinski definition) is 2. The van der Waals surface area contributed by atoms with E-state index in [1.807, 2.05) is 0 Å². The van der Waals surface area contributed by atoms with Crippen molar-refractivity contribution in [2.45, 2.75) is 0 Å². The fourth-order valence-electron chi connectivity index (χ4n) is 2.29. The van der Waals surface area contributed by atoms with Gasteiger partial charge < -0.3 is 0 Å². The van der Waals surface area contributed by atoms with Gasteiger partial charge >= 0.3 is 0 Å². The van der Waals surface area contributed by atoms with E-state index >= 15 is 0 Å². The molecule has 1 amide bonds. The number of nitrogens with zero attached hydrogens (tertiary/aromatic N) is 2. The summed E-state index contributed by atoms with van der Waals surface area (Å²) in [4.78, 5) is 12.1. The van der Waals surface area contributed by atoms with Crippen molar-refractivity contribution >= 4 is 24.0 Å². The lowest BCUT2D eigenvalue weighted by Crippen LogP contribution is -2.17. The lowest BCUT2D eigenvalue weighted by Gasteiger charge is -2.03. The van der Waals surface area contributed by atoms with Crippen molar-refractivity contribution < 1.29 is 22.4 Å². The molecule has 0 aliphatic rings. The molecule has 5 nitrogen and oxygen atoms in total. The minimum atomic E-state index is -1.01. The average molecular weight is 414 g/mol. The molecule has 30 heavy (non-hydrogen) atoms. The molecule has 0 spiro atoms. The molecule has 0 aliphatic carbocycles. The van der Waals surface area contributed by atoms with Gasteiger partial charge in [0.15, 0.2) is 23.3 Å². The topological polar surface area (TPSA) is 65.8 Å². The highest BCUT2D eigenvalue weighted by molar-refractivity contribution is 5.95. The Morgan fingerprint density at radius 2 is 1.23 bits per heavy atom. The number of rotatable bonds is 6. The fourth-order valence-corrected chi connectivity index (χ4v) is 2.29. The van der Waals surface area contributed by atoms with Crippen LogP contribution < -0.4 is 10.9 Å². The van der Waals surface area contributed by atoms with Gasteiger partial charge in [0.25, 0.3) is 5.91 Å². The van der Waals surface area contributed by atoms with E-state index in [4.69, 9.17) is 0 Å². The van der Waals surface area contributed by atoms with E-state index in [0.717, 1.165) is 24.3 Å². The summed E-state index contributed by atoms with van der Waals surface area (Å²) in [7, 11) is 0. The zero-order chi connectivity index (χ0) is 21.5. The quantitative estimate of drug-likeness (QED) is 0.356. The minimum Gasteiger partial charge on any atom is -0.279 e. The van der Waals surface area contributed by atoms with Crippen LogP contribution >= 0.6 is 0 Å². The predicted octanol–water partition coefficient (Wildman–Crippen LogP) is 4.45. The van der Waals surface area contributed by atoms with Gasteiger partial charge in [0.1, 0.15) is 0 Å². The second-order valence-electron chi connectivity index (χ2n) is 5.99. The van der Waals surface area contributed by atoms with Gasteiger partial charge in [-0.3, -0.25) is 10.2 Å². The molecule has 3 aromatic rings. The van der Waals surface area contributed by atoms with Crippen LogP contribution in [0.2, 0.25) is 0 Å². The molecule has 152 valence electrons. The van der Waals surface area contributed by atoms with E-state index in [2.05, 4.69) is 21.1 Å². The lowest BCUT2D eigenvalue weighted by atomic mass is 10.2. The molecule has 0 atom stereocenters. The number of amides is 1. The number of hydrazone groups is 2. The molecule has 3 aromatic carbocycles. The summed E-state index contributed by atoms with van der Waals surface area (Å²) < 4.78 is 52.0. The first kappa shape index (κ1) is 20.7. The number of nitrogens with one attached hydrogen (secondary N) is 2. The normalized spacial score (nSPS) is 11.2. The minimum absolute atomic E-state index is 0.285. The first-order chi connectivity index (χ1) is 14.4. The largest absolute Gasteiger partial charge is 0.279 e. The zero-order valence-corrected chi connectivity index (χ0v) is 15.2. The van der Waals surface area contributed by atoms with Crippen molar-refractivity contribution in [1.29, 1.82) is 0 Å². The van der Waals surface area contributed by atoms with E-state index in [1.54, 1.807) is 12.1 Å². The van der Waals surface area contributed by atoms with Gasteiger partial charge in [-0.25, -0.2) is 23.0 Å². The van der Waals surface area contributed by atoms with Crippen LogP contribution in [-0.4, -0.2) is 18.3 Å². The van der Waals surface area contributed by atoms with E-state index in [-0.39, 0.29) is 5.56 Å². The summed E-state index contributed by atoms with van der Waals surface area (Å²) in [6.07, 6.45) is 2.50. The SMILES string of the molecule is O=C(NN=Cc1ccc(F)c(F)c1)c1ccc(NN=Cc2ccc(F)c(F)c2)cc1. The molecular formula is C21H14F4N4O. The Bertz CT molecular complexity index is 1110. The van der Waals surface area contributed by atoms with Crippen LogP contribution in [0.15, 0.2) is 70.9 Å². The highest BCUT2D eigenvalue weighted by Gasteiger charge is 2.05. The second-order valence-corrected chi connectivity index (χ2v) is 5.99. The van der Waals surface area contributed by atoms with Crippen LogP contribution in [0.4, 0.5) is 23.2 Å². The summed E-state index contributed by atoms with van der Waals surface area (Å²) in [5.74, 6) is -4.41. The van der Waals surface area contributed by atoms with E-state index in [0.29, 0.717) is 16.8 Å². The van der Waals surface area contributed by atoms with Crippen LogP contribution in [-0.2, 0) is 0 Å². The van der Waals surface area contributed by atoms with E-state index < -0.39 is 29.2 Å². The van der Waals surface area contributed by atoms with Gasteiger partial charge in [0.2, 0.25) is 0 Å². The van der Waals surface area contributed by atoms with Crippen molar-refractivity contribution in [1.82, 2.24) is 5.43 Å². The molecule has 0 bridgehead atoms. The molecule has 0 aromatic heterocycles. The number of hydrogen-bond acceptors (Lipinski definition) is 4. The van der Waals surface area contributed by atoms with Crippen molar-refractivity contribution in [3.8, 4) is 0 Å². The van der Waals surface area contributed by atoms with Gasteiger partial charge in [0, 0.05) is 5.56 Å². The van der Waals surface area contributed by atoms with Crippen molar-refractivity contribution in [2.24, 2.45) is 10.2 Å². The predicted molar refractivity (Wildman–Crippen MR) is 105 cm³/mol. The highest BCUT2D eigenvalue weighted by Crippen LogP contribution is 2.11. The van der Waals surface area contributed by atoms with E-state index in [1.165, 1.54) is 36.7 Å². The molecule has 0 heterocycles. The van der Waals surface area contributed by atoms with Crippen molar-refractivity contribution in [3.05, 3.63) is 101 Å². The molecule has 0 fully saturated rings. The van der Waals surface area contributed by atoms with Crippen LogP contribution in [0.25, 0.3) is 0 Å². The van der Waals surface area contributed by atoms with Crippen LogP contribution in [0, 0.1) is 23.3 Å². The Morgan fingerprint density at radius 3 is 1.77 bits per heavy atom. The summed E-state index contributed by atoms with van der Waals surface area (Å²) in [6.45, 7) is 0. The first-order valence-electron chi connectivity index (χ1n) is 8.55. The molecule has 2 N–H and O–H groups in total. The maximum absolute atomic E-state index is 13.1. The molecule has 0 unspecified atom stereocenters. The van der Waals surface area contributed by atoms with Gasteiger partial charge in [-0.1, -0.05) is 12.1 Å². The third kappa shape index (κ3) is 5.51. The number of carbonyl (C=O) groups is 1. The maximum atomic E-state index is 13.1. The smallest absolute Gasteiger partial charge is 0.271 e. The van der Waals surface area contributed by atoms with Gasteiger partial charge in [-0.05, 0) is 59.7 Å². The Labute approximate surface area is 168 Å². The summed E-state index contributed by atoms with van der Waals surface area (Å²) >= 11 is 0. The zero-order valence-electron chi connectivity index (χ0n) is 15.2. The first-order valence-corrected chi connectivity index (χ1v) is 8.55. The average Bonchev–Trinajstić information content (AvgIpc) is 2.73. The van der Waals surface area contributed by atoms with Gasteiger partial charge in [0.05, 0.1) is 18.1 Å². The second kappa shape index (κ2) is 9.46. The van der Waals surface area contributed by atoms with E-state index in [9.17, 15) is 22.4 Å². The number of anilines is 1. The van der Waals surface area contributed by atoms with Gasteiger partial charge in [-0.15, -0.1) is 0 Å². The van der Waals surface area contributed by atoms with Crippen molar-refractivity contribution in [2.75, 3.05) is 5.43 Å². The third-order valence-electron chi connectivity index (χ3n) is 3.82. The molecule has 0 saturated carbocycles. The summed E-state index contributed by atoms with van der Waals surface area (Å²) in [5.41, 5.74) is 6.47. The Hall–Kier alpha value is -4.01. The Morgan fingerprint density at radius 1 is 0.700 bits per heavy atom. The van der Waals surface area contributed by atoms with Crippen LogP contribution in [0.1, 0.15) is 21.5 Å². The molecule has 0 aliphatic heterocycles. The fraction of sp³-hybridized carbons (Fsp3) is 0. The van der Waals surface area contributed by atoms with Crippen LogP contribution in [0.3, 0.4) is 0 Å². The molecule has 0 radical (unpaired) electrons.